The molecule has 0 spiro atoms. The molecule has 16 heavy (non-hydrogen) atoms. The summed E-state index contributed by atoms with van der Waals surface area (Å²) in [6.45, 7) is 2.55. The van der Waals surface area contributed by atoms with Crippen molar-refractivity contribution in [2.45, 2.75) is 45.1 Å². The number of amides is 2. The largest absolute Gasteiger partial charge is 0.480 e. The predicted molar refractivity (Wildman–Crippen MR) is 60.2 cm³/mol. The molecule has 0 heterocycles. The molecule has 0 saturated heterocycles. The van der Waals surface area contributed by atoms with Crippen LogP contribution < -0.4 is 10.6 Å². The van der Waals surface area contributed by atoms with E-state index in [1.807, 2.05) is 6.92 Å². The Morgan fingerprint density at radius 1 is 1.44 bits per heavy atom. The van der Waals surface area contributed by atoms with Crippen LogP contribution in [0.4, 0.5) is 4.79 Å². The summed E-state index contributed by atoms with van der Waals surface area (Å²) in [6, 6.07) is -1.14. The predicted octanol–water partition coefficient (Wildman–Crippen LogP) is 1.34. The van der Waals surface area contributed by atoms with Gasteiger partial charge in [0.15, 0.2) is 0 Å². The quantitative estimate of drug-likeness (QED) is 0.642. The van der Waals surface area contributed by atoms with Gasteiger partial charge in [0.25, 0.3) is 0 Å². The van der Waals surface area contributed by atoms with E-state index in [1.165, 1.54) is 6.42 Å². The van der Waals surface area contributed by atoms with Gasteiger partial charge in [-0.25, -0.2) is 9.59 Å². The molecule has 0 aliphatic heterocycles. The highest BCUT2D eigenvalue weighted by atomic mass is 16.4. The van der Waals surface area contributed by atoms with Crippen molar-refractivity contribution in [1.82, 2.24) is 10.6 Å². The van der Waals surface area contributed by atoms with Crippen LogP contribution in [0, 0.1) is 5.92 Å². The van der Waals surface area contributed by atoms with E-state index in [4.69, 9.17) is 5.11 Å². The first-order valence-electron chi connectivity index (χ1n) is 5.90. The van der Waals surface area contributed by atoms with Gasteiger partial charge in [-0.3, -0.25) is 0 Å². The van der Waals surface area contributed by atoms with Crippen molar-refractivity contribution >= 4 is 12.0 Å². The number of urea groups is 1. The highest BCUT2D eigenvalue weighted by Gasteiger charge is 2.21. The molecule has 1 saturated carbocycles. The molecule has 0 aromatic rings. The molecule has 1 aliphatic rings. The Labute approximate surface area is 95.6 Å². The molecule has 92 valence electrons. The minimum absolute atomic E-state index is 0.368. The molecule has 0 radical (unpaired) electrons. The van der Waals surface area contributed by atoms with Gasteiger partial charge in [0.1, 0.15) is 6.04 Å². The van der Waals surface area contributed by atoms with E-state index in [-0.39, 0.29) is 6.03 Å². The van der Waals surface area contributed by atoms with Gasteiger partial charge in [-0.1, -0.05) is 19.8 Å². The number of hydrogen-bond acceptors (Lipinski definition) is 2. The van der Waals surface area contributed by atoms with Gasteiger partial charge >= 0.3 is 12.0 Å². The lowest BCUT2D eigenvalue weighted by Gasteiger charge is -2.25. The van der Waals surface area contributed by atoms with Gasteiger partial charge < -0.3 is 15.7 Å². The maximum absolute atomic E-state index is 11.4. The van der Waals surface area contributed by atoms with Crippen molar-refractivity contribution in [3.8, 4) is 0 Å². The van der Waals surface area contributed by atoms with Crippen LogP contribution >= 0.6 is 0 Å². The fourth-order valence-electron chi connectivity index (χ4n) is 1.69. The van der Waals surface area contributed by atoms with Crippen LogP contribution in [0.25, 0.3) is 0 Å². The van der Waals surface area contributed by atoms with E-state index in [9.17, 15) is 9.59 Å². The summed E-state index contributed by atoms with van der Waals surface area (Å²) in [6.07, 6.45) is 4.77. The molecule has 1 unspecified atom stereocenters. The van der Waals surface area contributed by atoms with Gasteiger partial charge in [-0.05, 0) is 25.2 Å². The van der Waals surface area contributed by atoms with E-state index < -0.39 is 12.0 Å². The summed E-state index contributed by atoms with van der Waals surface area (Å²) < 4.78 is 0. The van der Waals surface area contributed by atoms with Crippen LogP contribution in [0.2, 0.25) is 0 Å². The lowest BCUT2D eigenvalue weighted by molar-refractivity contribution is -0.139. The number of carboxylic acids is 1. The van der Waals surface area contributed by atoms with Gasteiger partial charge in [-0.15, -0.1) is 0 Å². The fourth-order valence-corrected chi connectivity index (χ4v) is 1.69. The first kappa shape index (κ1) is 12.8. The summed E-state index contributed by atoms with van der Waals surface area (Å²) in [4.78, 5) is 22.2. The van der Waals surface area contributed by atoms with Crippen molar-refractivity contribution < 1.29 is 14.7 Å². The molecule has 0 bridgehead atoms. The first-order chi connectivity index (χ1) is 7.63. The van der Waals surface area contributed by atoms with Gasteiger partial charge in [0, 0.05) is 6.54 Å². The number of carbonyl (C=O) groups excluding carboxylic acids is 1. The first-order valence-corrected chi connectivity index (χ1v) is 5.90. The van der Waals surface area contributed by atoms with Crippen LogP contribution in [-0.2, 0) is 4.79 Å². The second-order valence-corrected chi connectivity index (χ2v) is 4.33. The zero-order chi connectivity index (χ0) is 12.0. The molecule has 1 aliphatic carbocycles. The van der Waals surface area contributed by atoms with Gasteiger partial charge in [0.05, 0.1) is 0 Å². The van der Waals surface area contributed by atoms with E-state index in [1.54, 1.807) is 0 Å². The number of aliphatic carboxylic acids is 1. The van der Waals surface area contributed by atoms with E-state index in [0.29, 0.717) is 18.9 Å². The smallest absolute Gasteiger partial charge is 0.326 e. The summed E-state index contributed by atoms with van der Waals surface area (Å²) in [5, 5.41) is 14.0. The maximum atomic E-state index is 11.4. The van der Waals surface area contributed by atoms with Crippen LogP contribution in [0.5, 0.6) is 0 Å². The molecule has 1 atom stereocenters. The van der Waals surface area contributed by atoms with Crippen molar-refractivity contribution in [2.24, 2.45) is 5.92 Å². The molecule has 5 nitrogen and oxygen atoms in total. The number of nitrogens with one attached hydrogen (secondary N) is 2. The molecule has 1 fully saturated rings. The van der Waals surface area contributed by atoms with Crippen molar-refractivity contribution in [3.63, 3.8) is 0 Å². The molecule has 0 aromatic carbocycles. The average Bonchev–Trinajstić information content (AvgIpc) is 2.14. The third kappa shape index (κ3) is 4.08. The number of hydrogen-bond donors (Lipinski definition) is 3. The average molecular weight is 228 g/mol. The summed E-state index contributed by atoms with van der Waals surface area (Å²) >= 11 is 0. The summed E-state index contributed by atoms with van der Waals surface area (Å²) in [5.41, 5.74) is 0. The van der Waals surface area contributed by atoms with Gasteiger partial charge in [-0.2, -0.15) is 0 Å². The maximum Gasteiger partial charge on any atom is 0.326 e. The van der Waals surface area contributed by atoms with Crippen LogP contribution in [0.15, 0.2) is 0 Å². The number of rotatable bonds is 6. The molecule has 3 N–H and O–H groups in total. The number of carbonyl (C=O) groups is 2. The molecule has 0 aromatic heterocycles. The second-order valence-electron chi connectivity index (χ2n) is 4.33. The Morgan fingerprint density at radius 3 is 2.56 bits per heavy atom. The van der Waals surface area contributed by atoms with Crippen LogP contribution in [-0.4, -0.2) is 29.7 Å². The lowest BCUT2D eigenvalue weighted by Crippen LogP contribution is -2.47. The van der Waals surface area contributed by atoms with Crippen molar-refractivity contribution in [2.75, 3.05) is 6.54 Å². The zero-order valence-corrected chi connectivity index (χ0v) is 9.66. The zero-order valence-electron chi connectivity index (χ0n) is 9.66. The Kier molecular flexibility index (Phi) is 5.08. The molecule has 2 amide bonds. The highest BCUT2D eigenvalue weighted by Crippen LogP contribution is 2.24. The van der Waals surface area contributed by atoms with Gasteiger partial charge in [0.2, 0.25) is 0 Å². The molecule has 1 rings (SSSR count). The standard InChI is InChI=1S/C11H20N2O3/c1-2-4-9(10(14)15)13-11(16)12-7-8-5-3-6-8/h8-9H,2-7H2,1H3,(H,14,15)(H2,12,13,16). The minimum atomic E-state index is -0.972. The third-order valence-corrected chi connectivity index (χ3v) is 2.96. The molecule has 5 heteroatoms. The summed E-state index contributed by atoms with van der Waals surface area (Å²) in [5.74, 6) is -0.388. The fraction of sp³-hybridized carbons (Fsp3) is 0.818. The second kappa shape index (κ2) is 6.35. The van der Waals surface area contributed by atoms with Crippen molar-refractivity contribution in [3.05, 3.63) is 0 Å². The Balaban J connectivity index is 2.21. The van der Waals surface area contributed by atoms with Crippen LogP contribution in [0.1, 0.15) is 39.0 Å². The number of carboxylic acid groups (broad SMARTS) is 1. The third-order valence-electron chi connectivity index (χ3n) is 2.96. The normalized spacial score (nSPS) is 17.3. The summed E-state index contributed by atoms with van der Waals surface area (Å²) in [7, 11) is 0. The van der Waals surface area contributed by atoms with Crippen molar-refractivity contribution in [1.29, 1.82) is 0 Å². The van der Waals surface area contributed by atoms with E-state index >= 15 is 0 Å². The molecular weight excluding hydrogens is 208 g/mol. The Hall–Kier alpha value is -1.26. The monoisotopic (exact) mass is 228 g/mol. The lowest BCUT2D eigenvalue weighted by atomic mass is 9.85. The van der Waals surface area contributed by atoms with Crippen LogP contribution in [0.3, 0.4) is 0 Å². The minimum Gasteiger partial charge on any atom is -0.480 e. The van der Waals surface area contributed by atoms with E-state index in [2.05, 4.69) is 10.6 Å². The Morgan fingerprint density at radius 2 is 2.12 bits per heavy atom. The SMILES string of the molecule is CCCC(NC(=O)NCC1CCC1)C(=O)O. The Bertz CT molecular complexity index is 252. The van der Waals surface area contributed by atoms with E-state index in [0.717, 1.165) is 19.3 Å². The molecular formula is C11H20N2O3. The topological polar surface area (TPSA) is 78.4 Å². The highest BCUT2D eigenvalue weighted by molar-refractivity contribution is 5.82.